The molecule has 2 N–H and O–H groups in total. The topological polar surface area (TPSA) is 57.5 Å². The Kier molecular flexibility index (Phi) is 14.8. The number of unbranched alkanes of at least 4 members (excludes halogenated alkanes) is 4. The van der Waals surface area contributed by atoms with Gasteiger partial charge in [0.05, 0.1) is 6.10 Å². The second kappa shape index (κ2) is 12.5. The molecule has 0 rings (SSSR count). The van der Waals surface area contributed by atoms with Crippen molar-refractivity contribution >= 4 is 35.5 Å². The molecule has 85 valence electrons. The van der Waals surface area contributed by atoms with Crippen molar-refractivity contribution in [1.29, 1.82) is 0 Å². The SMILES string of the molecule is CCCCCCCC(O)CCC(=O)O.[Na]. The van der Waals surface area contributed by atoms with Crippen molar-refractivity contribution in [3.8, 4) is 0 Å². The summed E-state index contributed by atoms with van der Waals surface area (Å²) in [5.41, 5.74) is 0. The van der Waals surface area contributed by atoms with Crippen LogP contribution in [-0.2, 0) is 4.79 Å². The summed E-state index contributed by atoms with van der Waals surface area (Å²) in [5.74, 6) is -0.824. The second-order valence-corrected chi connectivity index (χ2v) is 3.79. The second-order valence-electron chi connectivity index (χ2n) is 3.79. The molecular formula is C11H22NaO3. The van der Waals surface area contributed by atoms with Crippen LogP contribution in [0.15, 0.2) is 0 Å². The average molecular weight is 225 g/mol. The van der Waals surface area contributed by atoms with Crippen molar-refractivity contribution in [1.82, 2.24) is 0 Å². The minimum absolute atomic E-state index is 0. The average Bonchev–Trinajstić information content (AvgIpc) is 2.14. The Morgan fingerprint density at radius 2 is 1.73 bits per heavy atom. The number of carboxylic acids is 1. The van der Waals surface area contributed by atoms with Gasteiger partial charge in [0.25, 0.3) is 0 Å². The molecule has 0 aromatic rings. The zero-order chi connectivity index (χ0) is 10.8. The fourth-order valence-electron chi connectivity index (χ4n) is 1.42. The van der Waals surface area contributed by atoms with Crippen LogP contribution in [0.5, 0.6) is 0 Å². The summed E-state index contributed by atoms with van der Waals surface area (Å²) in [7, 11) is 0. The Labute approximate surface area is 115 Å². The Balaban J connectivity index is 0. The summed E-state index contributed by atoms with van der Waals surface area (Å²) in [6, 6.07) is 0. The Hall–Kier alpha value is 0.430. The van der Waals surface area contributed by atoms with Gasteiger partial charge in [0, 0.05) is 36.0 Å². The van der Waals surface area contributed by atoms with Gasteiger partial charge in [-0.05, 0) is 12.8 Å². The van der Waals surface area contributed by atoms with Crippen LogP contribution >= 0.6 is 0 Å². The van der Waals surface area contributed by atoms with E-state index in [0.717, 1.165) is 19.3 Å². The number of rotatable bonds is 9. The fraction of sp³-hybridized carbons (Fsp3) is 0.909. The number of aliphatic carboxylic acids is 1. The molecule has 1 unspecified atom stereocenters. The molecule has 0 heterocycles. The smallest absolute Gasteiger partial charge is 0.303 e. The molecular weight excluding hydrogens is 203 g/mol. The van der Waals surface area contributed by atoms with Crippen molar-refractivity contribution in [2.75, 3.05) is 0 Å². The summed E-state index contributed by atoms with van der Waals surface area (Å²) in [5, 5.41) is 17.8. The monoisotopic (exact) mass is 225 g/mol. The third-order valence-corrected chi connectivity index (χ3v) is 2.33. The van der Waals surface area contributed by atoms with Gasteiger partial charge in [0.15, 0.2) is 0 Å². The van der Waals surface area contributed by atoms with Crippen LogP contribution in [0, 0.1) is 0 Å². The Morgan fingerprint density at radius 3 is 2.27 bits per heavy atom. The van der Waals surface area contributed by atoms with E-state index in [1.807, 2.05) is 0 Å². The molecule has 4 heteroatoms. The van der Waals surface area contributed by atoms with E-state index in [-0.39, 0.29) is 36.0 Å². The molecule has 0 fully saturated rings. The molecule has 0 saturated carbocycles. The molecule has 0 saturated heterocycles. The number of carbonyl (C=O) groups is 1. The predicted molar refractivity (Wildman–Crippen MR) is 62.0 cm³/mol. The number of carboxylic acid groups (broad SMARTS) is 1. The van der Waals surface area contributed by atoms with Gasteiger partial charge in [-0.15, -0.1) is 0 Å². The van der Waals surface area contributed by atoms with E-state index in [2.05, 4.69) is 6.92 Å². The number of aliphatic hydroxyl groups is 1. The number of aliphatic hydroxyl groups excluding tert-OH is 1. The minimum atomic E-state index is -0.824. The van der Waals surface area contributed by atoms with Crippen LogP contribution in [0.2, 0.25) is 0 Å². The van der Waals surface area contributed by atoms with Crippen molar-refractivity contribution in [3.05, 3.63) is 0 Å². The molecule has 15 heavy (non-hydrogen) atoms. The third kappa shape index (κ3) is 14.4. The zero-order valence-corrected chi connectivity index (χ0v) is 12.0. The Morgan fingerprint density at radius 1 is 1.13 bits per heavy atom. The molecule has 0 aliphatic carbocycles. The first-order chi connectivity index (χ1) is 6.66. The van der Waals surface area contributed by atoms with Crippen LogP contribution in [0.3, 0.4) is 0 Å². The molecule has 0 spiro atoms. The maximum Gasteiger partial charge on any atom is 0.303 e. The van der Waals surface area contributed by atoms with Crippen LogP contribution in [-0.4, -0.2) is 51.8 Å². The Bertz CT molecular complexity index is 151. The van der Waals surface area contributed by atoms with E-state index < -0.39 is 12.1 Å². The van der Waals surface area contributed by atoms with Crippen molar-refractivity contribution < 1.29 is 15.0 Å². The molecule has 0 bridgehead atoms. The molecule has 0 amide bonds. The predicted octanol–water partition coefficient (Wildman–Crippen LogP) is 2.19. The van der Waals surface area contributed by atoms with Gasteiger partial charge < -0.3 is 10.2 Å². The van der Waals surface area contributed by atoms with E-state index in [1.54, 1.807) is 0 Å². The first kappa shape index (κ1) is 17.8. The number of hydrogen-bond donors (Lipinski definition) is 2. The standard InChI is InChI=1S/C11H22O3.Na/c1-2-3-4-5-6-7-10(12)8-9-11(13)14;/h10,12H,2-9H2,1H3,(H,13,14);. The van der Waals surface area contributed by atoms with E-state index in [9.17, 15) is 9.90 Å². The van der Waals surface area contributed by atoms with E-state index in [4.69, 9.17) is 5.11 Å². The third-order valence-electron chi connectivity index (χ3n) is 2.33. The van der Waals surface area contributed by atoms with E-state index in [1.165, 1.54) is 19.3 Å². The maximum absolute atomic E-state index is 10.2. The van der Waals surface area contributed by atoms with Crippen molar-refractivity contribution in [3.63, 3.8) is 0 Å². The maximum atomic E-state index is 10.2. The fourth-order valence-corrected chi connectivity index (χ4v) is 1.42. The number of hydrogen-bond acceptors (Lipinski definition) is 2. The molecule has 1 radical (unpaired) electrons. The molecule has 3 nitrogen and oxygen atoms in total. The zero-order valence-electron chi connectivity index (χ0n) is 10.0. The van der Waals surface area contributed by atoms with Crippen LogP contribution in [0.1, 0.15) is 58.3 Å². The molecule has 0 aromatic heterocycles. The van der Waals surface area contributed by atoms with E-state index in [0.29, 0.717) is 6.42 Å². The van der Waals surface area contributed by atoms with Gasteiger partial charge in [-0.3, -0.25) is 4.79 Å². The summed E-state index contributed by atoms with van der Waals surface area (Å²) in [6.45, 7) is 2.17. The van der Waals surface area contributed by atoms with Crippen LogP contribution in [0.4, 0.5) is 0 Å². The minimum Gasteiger partial charge on any atom is -0.481 e. The summed E-state index contributed by atoms with van der Waals surface area (Å²) >= 11 is 0. The molecule has 0 aliphatic rings. The summed E-state index contributed by atoms with van der Waals surface area (Å²) in [6.07, 6.45) is 6.66. The summed E-state index contributed by atoms with van der Waals surface area (Å²) in [4.78, 5) is 10.2. The largest absolute Gasteiger partial charge is 0.481 e. The summed E-state index contributed by atoms with van der Waals surface area (Å²) < 4.78 is 0. The van der Waals surface area contributed by atoms with Crippen LogP contribution < -0.4 is 0 Å². The van der Waals surface area contributed by atoms with Crippen molar-refractivity contribution in [2.45, 2.75) is 64.4 Å². The first-order valence-corrected chi connectivity index (χ1v) is 5.56. The van der Waals surface area contributed by atoms with Crippen molar-refractivity contribution in [2.24, 2.45) is 0 Å². The van der Waals surface area contributed by atoms with Gasteiger partial charge in [-0.25, -0.2) is 0 Å². The molecule has 0 aromatic carbocycles. The van der Waals surface area contributed by atoms with E-state index >= 15 is 0 Å². The van der Waals surface area contributed by atoms with Gasteiger partial charge in [-0.1, -0.05) is 39.0 Å². The van der Waals surface area contributed by atoms with Gasteiger partial charge in [0.2, 0.25) is 0 Å². The first-order valence-electron chi connectivity index (χ1n) is 5.56. The van der Waals surface area contributed by atoms with Crippen LogP contribution in [0.25, 0.3) is 0 Å². The normalized spacial score (nSPS) is 11.9. The quantitative estimate of drug-likeness (QED) is 0.467. The van der Waals surface area contributed by atoms with Gasteiger partial charge in [-0.2, -0.15) is 0 Å². The molecule has 1 atom stereocenters. The molecule has 0 aliphatic heterocycles. The van der Waals surface area contributed by atoms with Gasteiger partial charge >= 0.3 is 5.97 Å². The van der Waals surface area contributed by atoms with Gasteiger partial charge in [0.1, 0.15) is 0 Å².